The molecule has 0 radical (unpaired) electrons. The predicted octanol–water partition coefficient (Wildman–Crippen LogP) is -0.746. The summed E-state index contributed by atoms with van der Waals surface area (Å²) in [5.41, 5.74) is 0. The summed E-state index contributed by atoms with van der Waals surface area (Å²) in [5.74, 6) is -1.72. The largest absolute Gasteiger partial charge is 0.481 e. The zero-order valence-corrected chi connectivity index (χ0v) is 11.0. The molecule has 0 aromatic rings. The lowest BCUT2D eigenvalue weighted by atomic mass is 10.2. The van der Waals surface area contributed by atoms with E-state index in [1.807, 2.05) is 5.32 Å². The highest BCUT2D eigenvalue weighted by Crippen LogP contribution is 2.18. The Bertz CT molecular complexity index is 472. The molecule has 9 heteroatoms. The van der Waals surface area contributed by atoms with Crippen LogP contribution in [0, 0.1) is 0 Å². The van der Waals surface area contributed by atoms with Gasteiger partial charge in [-0.25, -0.2) is 13.2 Å². The molecule has 1 heterocycles. The fraction of sp³-hybridized carbons (Fsp3) is 0.700. The maximum atomic E-state index is 11.5. The van der Waals surface area contributed by atoms with E-state index in [0.717, 1.165) is 0 Å². The van der Waals surface area contributed by atoms with Crippen LogP contribution in [-0.2, 0) is 19.4 Å². The van der Waals surface area contributed by atoms with Crippen LogP contribution in [0.2, 0.25) is 0 Å². The Labute approximate surface area is 110 Å². The van der Waals surface area contributed by atoms with Gasteiger partial charge in [-0.2, -0.15) is 0 Å². The Hall–Kier alpha value is -1.64. The molecule has 19 heavy (non-hydrogen) atoms. The molecule has 1 saturated heterocycles. The highest BCUT2D eigenvalue weighted by molar-refractivity contribution is 7.92. The first-order valence-corrected chi connectivity index (χ1v) is 7.54. The van der Waals surface area contributed by atoms with E-state index in [9.17, 15) is 22.8 Å². The van der Waals surface area contributed by atoms with Gasteiger partial charge in [0.15, 0.2) is 9.84 Å². The van der Waals surface area contributed by atoms with Crippen molar-refractivity contribution in [1.29, 1.82) is 0 Å². The second-order valence-electron chi connectivity index (χ2n) is 4.28. The number of urea groups is 1. The fourth-order valence-corrected chi connectivity index (χ4v) is 3.51. The second-order valence-corrected chi connectivity index (χ2v) is 6.68. The first-order valence-electron chi connectivity index (χ1n) is 5.82. The van der Waals surface area contributed by atoms with E-state index in [1.165, 1.54) is 0 Å². The number of rotatable bonds is 5. The first-order chi connectivity index (χ1) is 8.81. The zero-order chi connectivity index (χ0) is 14.5. The number of nitrogens with one attached hydrogen (secondary N) is 2. The quantitative estimate of drug-likeness (QED) is 0.611. The van der Waals surface area contributed by atoms with Crippen molar-refractivity contribution in [2.75, 3.05) is 12.3 Å². The molecule has 1 rings (SSSR count). The van der Waals surface area contributed by atoms with Gasteiger partial charge in [0, 0.05) is 13.0 Å². The van der Waals surface area contributed by atoms with Crippen molar-refractivity contribution in [3.8, 4) is 0 Å². The highest BCUT2D eigenvalue weighted by Gasteiger charge is 2.31. The van der Waals surface area contributed by atoms with Crippen molar-refractivity contribution in [1.82, 2.24) is 10.6 Å². The number of carboxylic acid groups (broad SMARTS) is 1. The number of aliphatic carboxylic acids is 1. The summed E-state index contributed by atoms with van der Waals surface area (Å²) in [5, 5.41) is 12.0. The third-order valence-corrected chi connectivity index (χ3v) is 5.05. The minimum absolute atomic E-state index is 0.0413. The lowest BCUT2D eigenvalue weighted by Gasteiger charge is -2.11. The first kappa shape index (κ1) is 15.4. The molecule has 0 aromatic heterocycles. The molecule has 8 nitrogen and oxygen atoms in total. The number of sulfone groups is 1. The van der Waals surface area contributed by atoms with Gasteiger partial charge >= 0.3 is 12.0 Å². The predicted molar refractivity (Wildman–Crippen MR) is 65.2 cm³/mol. The van der Waals surface area contributed by atoms with Gasteiger partial charge in [0.1, 0.15) is 0 Å². The Kier molecular flexibility index (Phi) is 5.28. The molecule has 108 valence electrons. The average Bonchev–Trinajstić information content (AvgIpc) is 2.63. The zero-order valence-electron chi connectivity index (χ0n) is 10.2. The van der Waals surface area contributed by atoms with Crippen molar-refractivity contribution in [3.63, 3.8) is 0 Å². The number of imide groups is 1. The number of carbonyl (C=O) groups excluding carboxylic acids is 2. The van der Waals surface area contributed by atoms with Crippen molar-refractivity contribution in [2.45, 2.75) is 30.9 Å². The minimum Gasteiger partial charge on any atom is -0.481 e. The van der Waals surface area contributed by atoms with Gasteiger partial charge in [-0.05, 0) is 12.8 Å². The van der Waals surface area contributed by atoms with E-state index in [0.29, 0.717) is 12.8 Å². The summed E-state index contributed by atoms with van der Waals surface area (Å²) in [6.45, 7) is -0.0413. The van der Waals surface area contributed by atoms with Crippen LogP contribution in [0.25, 0.3) is 0 Å². The van der Waals surface area contributed by atoms with Crippen LogP contribution in [0.15, 0.2) is 0 Å². The molecular formula is C10H16N2O6S. The Morgan fingerprint density at radius 2 is 1.89 bits per heavy atom. The topological polar surface area (TPSA) is 130 Å². The number of carboxylic acids is 1. The van der Waals surface area contributed by atoms with Crippen LogP contribution in [0.5, 0.6) is 0 Å². The molecule has 3 N–H and O–H groups in total. The molecule has 1 atom stereocenters. The lowest BCUT2D eigenvalue weighted by Crippen LogP contribution is -2.43. The summed E-state index contributed by atoms with van der Waals surface area (Å²) in [7, 11) is -3.14. The van der Waals surface area contributed by atoms with Gasteiger partial charge in [-0.1, -0.05) is 0 Å². The number of hydrogen-bond donors (Lipinski definition) is 3. The molecular weight excluding hydrogens is 276 g/mol. The van der Waals surface area contributed by atoms with Gasteiger partial charge in [0.25, 0.3) is 0 Å². The summed E-state index contributed by atoms with van der Waals surface area (Å²) in [6, 6.07) is -0.808. The molecule has 0 aromatic carbocycles. The highest BCUT2D eigenvalue weighted by atomic mass is 32.2. The van der Waals surface area contributed by atoms with Crippen LogP contribution >= 0.6 is 0 Å². The van der Waals surface area contributed by atoms with Crippen molar-refractivity contribution in [3.05, 3.63) is 0 Å². The van der Waals surface area contributed by atoms with Crippen LogP contribution in [0.3, 0.4) is 0 Å². The van der Waals surface area contributed by atoms with Gasteiger partial charge in [0.05, 0.1) is 17.4 Å². The minimum atomic E-state index is -3.14. The van der Waals surface area contributed by atoms with Crippen molar-refractivity contribution < 1.29 is 27.9 Å². The molecule has 1 aliphatic heterocycles. The third-order valence-electron chi connectivity index (χ3n) is 2.77. The molecule has 1 aliphatic rings. The van der Waals surface area contributed by atoms with E-state index in [4.69, 9.17) is 5.11 Å². The van der Waals surface area contributed by atoms with Crippen LogP contribution in [0.1, 0.15) is 25.7 Å². The number of hydrogen-bond acceptors (Lipinski definition) is 5. The number of carbonyl (C=O) groups is 3. The van der Waals surface area contributed by atoms with Crippen LogP contribution < -0.4 is 10.6 Å². The van der Waals surface area contributed by atoms with Gasteiger partial charge in [0.2, 0.25) is 5.91 Å². The van der Waals surface area contributed by atoms with Gasteiger partial charge in [-0.15, -0.1) is 0 Å². The standard InChI is InChI=1S/C10H16N2O6S/c13-8(3-4-9(14)15)12-10(16)11-6-7-2-1-5-19(7,17)18/h7H,1-6H2,(H,14,15)(H2,11,12,13,16). The second kappa shape index (κ2) is 6.50. The van der Waals surface area contributed by atoms with Crippen LogP contribution in [-0.4, -0.2) is 49.0 Å². The molecule has 0 bridgehead atoms. The summed E-state index contributed by atoms with van der Waals surface area (Å²) < 4.78 is 22.9. The molecule has 0 aliphatic carbocycles. The SMILES string of the molecule is O=C(O)CCC(=O)NC(=O)NCC1CCCS1(=O)=O. The lowest BCUT2D eigenvalue weighted by molar-refractivity contribution is -0.138. The molecule has 0 spiro atoms. The van der Waals surface area contributed by atoms with Gasteiger partial charge in [-0.3, -0.25) is 14.9 Å². The smallest absolute Gasteiger partial charge is 0.321 e. The van der Waals surface area contributed by atoms with Gasteiger partial charge < -0.3 is 10.4 Å². The third kappa shape index (κ3) is 5.25. The molecule has 0 saturated carbocycles. The van der Waals surface area contributed by atoms with E-state index in [2.05, 4.69) is 5.32 Å². The van der Waals surface area contributed by atoms with Crippen molar-refractivity contribution in [2.24, 2.45) is 0 Å². The monoisotopic (exact) mass is 292 g/mol. The van der Waals surface area contributed by atoms with E-state index < -0.39 is 33.0 Å². The van der Waals surface area contributed by atoms with E-state index >= 15 is 0 Å². The molecule has 3 amide bonds. The number of amides is 3. The van der Waals surface area contributed by atoms with E-state index in [1.54, 1.807) is 0 Å². The Morgan fingerprint density at radius 1 is 1.21 bits per heavy atom. The summed E-state index contributed by atoms with van der Waals surface area (Å²) in [6.07, 6.45) is 0.407. The Morgan fingerprint density at radius 3 is 2.42 bits per heavy atom. The maximum absolute atomic E-state index is 11.5. The maximum Gasteiger partial charge on any atom is 0.321 e. The Balaban J connectivity index is 2.28. The summed E-state index contributed by atoms with van der Waals surface area (Å²) in [4.78, 5) is 32.6. The molecule has 1 unspecified atom stereocenters. The van der Waals surface area contributed by atoms with Crippen molar-refractivity contribution >= 4 is 27.7 Å². The van der Waals surface area contributed by atoms with Crippen LogP contribution in [0.4, 0.5) is 4.79 Å². The summed E-state index contributed by atoms with van der Waals surface area (Å²) >= 11 is 0. The normalized spacial score (nSPS) is 20.7. The van der Waals surface area contributed by atoms with E-state index in [-0.39, 0.29) is 25.1 Å². The fourth-order valence-electron chi connectivity index (χ4n) is 1.75. The molecule has 1 fully saturated rings. The average molecular weight is 292 g/mol.